The number of nitrogens with zero attached hydrogens (tertiary/aromatic N) is 2. The summed E-state index contributed by atoms with van der Waals surface area (Å²) in [4.78, 5) is 28.0. The van der Waals surface area contributed by atoms with Crippen LogP contribution in [0.4, 0.5) is 4.79 Å². The van der Waals surface area contributed by atoms with Gasteiger partial charge in [0.1, 0.15) is 5.60 Å². The fourth-order valence-electron chi connectivity index (χ4n) is 2.56. The molecule has 1 heterocycles. The Hall–Kier alpha value is -2.00. The van der Waals surface area contributed by atoms with Crippen LogP contribution < -0.4 is 5.32 Å². The largest absolute Gasteiger partial charge is 0.444 e. The number of ether oxygens (including phenoxy) is 1. The second-order valence-electron chi connectivity index (χ2n) is 7.43. The maximum atomic E-state index is 12.3. The maximum Gasteiger partial charge on any atom is 0.410 e. The fraction of sp³-hybridized carbons (Fsp3) is 0.684. The van der Waals surface area contributed by atoms with Crippen LogP contribution in [0.3, 0.4) is 0 Å². The molecule has 140 valence electrons. The van der Waals surface area contributed by atoms with E-state index in [0.29, 0.717) is 26.2 Å². The van der Waals surface area contributed by atoms with Crippen molar-refractivity contribution in [3.63, 3.8) is 0 Å². The van der Waals surface area contributed by atoms with Gasteiger partial charge in [0.2, 0.25) is 5.91 Å². The average molecular weight is 349 g/mol. The topological polar surface area (TPSA) is 61.9 Å². The summed E-state index contributed by atoms with van der Waals surface area (Å²) in [6.07, 6.45) is 11.0. The van der Waals surface area contributed by atoms with E-state index in [4.69, 9.17) is 11.2 Å². The van der Waals surface area contributed by atoms with Gasteiger partial charge < -0.3 is 15.0 Å². The molecule has 0 aliphatic carbocycles. The Morgan fingerprint density at radius 1 is 1.40 bits per heavy atom. The second kappa shape index (κ2) is 10.1. The summed E-state index contributed by atoms with van der Waals surface area (Å²) in [6, 6.07) is -0.0596. The molecule has 0 spiro atoms. The van der Waals surface area contributed by atoms with Crippen LogP contribution in [-0.2, 0) is 9.53 Å². The van der Waals surface area contributed by atoms with Crippen LogP contribution in [0.25, 0.3) is 0 Å². The van der Waals surface area contributed by atoms with E-state index in [1.807, 2.05) is 32.7 Å². The molecule has 0 unspecified atom stereocenters. The lowest BCUT2D eigenvalue weighted by Crippen LogP contribution is -2.45. The van der Waals surface area contributed by atoms with Crippen LogP contribution in [0.15, 0.2) is 12.2 Å². The molecule has 0 aromatic heterocycles. The number of amides is 2. The highest BCUT2D eigenvalue weighted by Gasteiger charge is 2.26. The standard InChI is InChI=1S/C19H31N3O3/c1-6-12-21(5)13-9-11-17(23)20-16-10-7-8-14-22(15-16)18(24)25-19(2,3)4/h1,9,11,16H,7-8,10,12-15H2,2-5H3,(H,20,23)/b11-9+/t16-/m0/s1. The third-order valence-electron chi connectivity index (χ3n) is 3.72. The van der Waals surface area contributed by atoms with Crippen LogP contribution >= 0.6 is 0 Å². The zero-order valence-electron chi connectivity index (χ0n) is 15.9. The van der Waals surface area contributed by atoms with Crippen LogP contribution in [0, 0.1) is 12.3 Å². The molecule has 2 amide bonds. The molecule has 0 aromatic carbocycles. The van der Waals surface area contributed by atoms with Crippen LogP contribution in [0.2, 0.25) is 0 Å². The van der Waals surface area contributed by atoms with Gasteiger partial charge in [-0.2, -0.15) is 0 Å². The summed E-state index contributed by atoms with van der Waals surface area (Å²) < 4.78 is 5.44. The lowest BCUT2D eigenvalue weighted by Gasteiger charge is -2.28. The molecule has 1 aliphatic rings. The first kappa shape index (κ1) is 21.0. The van der Waals surface area contributed by atoms with Crippen molar-refractivity contribution in [2.45, 2.75) is 51.7 Å². The van der Waals surface area contributed by atoms with E-state index in [1.165, 1.54) is 6.08 Å². The number of carbonyl (C=O) groups excluding carboxylic acids is 2. The summed E-state index contributed by atoms with van der Waals surface area (Å²) in [6.45, 7) is 7.85. The molecule has 6 heteroatoms. The van der Waals surface area contributed by atoms with Gasteiger partial charge in [-0.3, -0.25) is 9.69 Å². The van der Waals surface area contributed by atoms with E-state index in [0.717, 1.165) is 19.3 Å². The molecule has 1 N–H and O–H groups in total. The molecule has 25 heavy (non-hydrogen) atoms. The van der Waals surface area contributed by atoms with Crippen molar-refractivity contribution >= 4 is 12.0 Å². The lowest BCUT2D eigenvalue weighted by atomic mass is 10.1. The monoisotopic (exact) mass is 349 g/mol. The van der Waals surface area contributed by atoms with Gasteiger partial charge in [-0.15, -0.1) is 6.42 Å². The van der Waals surface area contributed by atoms with Gasteiger partial charge in [0, 0.05) is 31.8 Å². The average Bonchev–Trinajstić information content (AvgIpc) is 2.71. The summed E-state index contributed by atoms with van der Waals surface area (Å²) in [7, 11) is 1.89. The van der Waals surface area contributed by atoms with Crippen LogP contribution in [-0.4, -0.2) is 66.7 Å². The van der Waals surface area contributed by atoms with Crippen molar-refractivity contribution in [3.05, 3.63) is 12.2 Å². The highest BCUT2D eigenvalue weighted by atomic mass is 16.6. The number of terminal acetylenes is 1. The van der Waals surface area contributed by atoms with Crippen molar-refractivity contribution in [1.82, 2.24) is 15.1 Å². The molecule has 1 aliphatic heterocycles. The molecular formula is C19H31N3O3. The van der Waals surface area contributed by atoms with E-state index in [-0.39, 0.29) is 18.0 Å². The van der Waals surface area contributed by atoms with E-state index >= 15 is 0 Å². The Kier molecular flexibility index (Phi) is 8.50. The predicted molar refractivity (Wildman–Crippen MR) is 99.1 cm³/mol. The number of likely N-dealkylation sites (tertiary alicyclic amines) is 1. The Morgan fingerprint density at radius 2 is 2.12 bits per heavy atom. The molecule has 0 bridgehead atoms. The molecule has 1 saturated heterocycles. The zero-order chi connectivity index (χ0) is 18.9. The number of nitrogens with one attached hydrogen (secondary N) is 1. The van der Waals surface area contributed by atoms with Gasteiger partial charge in [0.25, 0.3) is 0 Å². The highest BCUT2D eigenvalue weighted by molar-refractivity contribution is 5.87. The SMILES string of the molecule is C#CCN(C)C/C=C/C(=O)N[C@H]1CCCCN(C(=O)OC(C)(C)C)C1. The van der Waals surface area contributed by atoms with Crippen molar-refractivity contribution < 1.29 is 14.3 Å². The van der Waals surface area contributed by atoms with Crippen molar-refractivity contribution in [2.24, 2.45) is 0 Å². The number of carbonyl (C=O) groups is 2. The Bertz CT molecular complexity index is 517. The molecular weight excluding hydrogens is 318 g/mol. The third kappa shape index (κ3) is 9.16. The minimum Gasteiger partial charge on any atom is -0.444 e. The van der Waals surface area contributed by atoms with E-state index < -0.39 is 5.60 Å². The first-order valence-corrected chi connectivity index (χ1v) is 8.78. The van der Waals surface area contributed by atoms with Gasteiger partial charge in [0.05, 0.1) is 6.54 Å². The van der Waals surface area contributed by atoms with Gasteiger partial charge in [-0.1, -0.05) is 12.0 Å². The van der Waals surface area contributed by atoms with Gasteiger partial charge >= 0.3 is 6.09 Å². The number of hydrogen-bond acceptors (Lipinski definition) is 4. The minimum absolute atomic E-state index is 0.0596. The van der Waals surface area contributed by atoms with E-state index in [1.54, 1.807) is 11.0 Å². The first-order chi connectivity index (χ1) is 11.7. The van der Waals surface area contributed by atoms with Crippen molar-refractivity contribution in [3.8, 4) is 12.3 Å². The molecule has 1 rings (SSSR count). The van der Waals surface area contributed by atoms with Gasteiger partial charge in [-0.05, 0) is 47.1 Å². The second-order valence-corrected chi connectivity index (χ2v) is 7.43. The summed E-state index contributed by atoms with van der Waals surface area (Å²) in [5.74, 6) is 2.40. The zero-order valence-corrected chi connectivity index (χ0v) is 15.9. The fourth-order valence-corrected chi connectivity index (χ4v) is 2.56. The number of likely N-dealkylation sites (N-methyl/N-ethyl adjacent to an activating group) is 1. The smallest absolute Gasteiger partial charge is 0.410 e. The summed E-state index contributed by atoms with van der Waals surface area (Å²) >= 11 is 0. The first-order valence-electron chi connectivity index (χ1n) is 8.78. The molecule has 6 nitrogen and oxygen atoms in total. The Balaban J connectivity index is 2.51. The molecule has 1 fully saturated rings. The Morgan fingerprint density at radius 3 is 2.76 bits per heavy atom. The summed E-state index contributed by atoms with van der Waals surface area (Å²) in [5, 5.41) is 2.98. The van der Waals surface area contributed by atoms with Crippen molar-refractivity contribution in [1.29, 1.82) is 0 Å². The lowest BCUT2D eigenvalue weighted by molar-refractivity contribution is -0.117. The van der Waals surface area contributed by atoms with Gasteiger partial charge in [0.15, 0.2) is 0 Å². The normalized spacial score (nSPS) is 18.7. The maximum absolute atomic E-state index is 12.3. The Labute approximate surface area is 151 Å². The molecule has 0 saturated carbocycles. The molecule has 0 radical (unpaired) electrons. The highest BCUT2D eigenvalue weighted by Crippen LogP contribution is 2.15. The van der Waals surface area contributed by atoms with E-state index in [9.17, 15) is 9.59 Å². The van der Waals surface area contributed by atoms with Crippen molar-refractivity contribution in [2.75, 3.05) is 33.2 Å². The predicted octanol–water partition coefficient (Wildman–Crippen LogP) is 2.01. The quantitative estimate of drug-likeness (QED) is 0.609. The minimum atomic E-state index is -0.519. The number of rotatable bonds is 5. The van der Waals surface area contributed by atoms with Crippen LogP contribution in [0.1, 0.15) is 40.0 Å². The third-order valence-corrected chi connectivity index (χ3v) is 3.72. The number of hydrogen-bond donors (Lipinski definition) is 1. The van der Waals surface area contributed by atoms with Crippen LogP contribution in [0.5, 0.6) is 0 Å². The summed E-state index contributed by atoms with van der Waals surface area (Å²) in [5.41, 5.74) is -0.519. The molecule has 1 atom stereocenters. The van der Waals surface area contributed by atoms with E-state index in [2.05, 4.69) is 11.2 Å². The van der Waals surface area contributed by atoms with Gasteiger partial charge in [-0.25, -0.2) is 4.79 Å². The molecule has 0 aromatic rings.